The summed E-state index contributed by atoms with van der Waals surface area (Å²) in [7, 11) is 0. The number of alkyl halides is 1. The second kappa shape index (κ2) is 5.84. The first-order valence-corrected chi connectivity index (χ1v) is 7.58. The van der Waals surface area contributed by atoms with Gasteiger partial charge in [0.2, 0.25) is 0 Å². The number of hydrogen-bond acceptors (Lipinski definition) is 1. The highest BCUT2D eigenvalue weighted by atomic mass is 35.5. The van der Waals surface area contributed by atoms with E-state index in [2.05, 4.69) is 4.98 Å². The van der Waals surface area contributed by atoms with Crippen LogP contribution < -0.4 is 0 Å². The molecule has 21 heavy (non-hydrogen) atoms. The van der Waals surface area contributed by atoms with Crippen LogP contribution in [-0.4, -0.2) is 15.4 Å². The third kappa shape index (κ3) is 2.50. The molecule has 0 unspecified atom stereocenters. The van der Waals surface area contributed by atoms with Gasteiger partial charge in [-0.1, -0.05) is 35.3 Å². The number of benzene rings is 2. The molecule has 0 aliphatic carbocycles. The van der Waals surface area contributed by atoms with E-state index in [9.17, 15) is 4.39 Å². The van der Waals surface area contributed by atoms with Crippen LogP contribution in [0.1, 0.15) is 5.82 Å². The fourth-order valence-corrected chi connectivity index (χ4v) is 2.95. The molecule has 1 aromatic heterocycles. The molecule has 0 spiro atoms. The lowest BCUT2D eigenvalue weighted by atomic mass is 10.2. The van der Waals surface area contributed by atoms with Gasteiger partial charge in [0.05, 0.1) is 15.6 Å². The van der Waals surface area contributed by atoms with Crippen molar-refractivity contribution in [1.29, 1.82) is 0 Å². The Morgan fingerprint density at radius 1 is 1.05 bits per heavy atom. The standard InChI is InChI=1S/C15H10Cl3FN2/c16-8-7-13-20-14-9(17)3-2-6-12(14)21(13)15-10(18)4-1-5-11(15)19/h1-6H,7-8H2. The van der Waals surface area contributed by atoms with Crippen LogP contribution in [0.2, 0.25) is 10.0 Å². The minimum Gasteiger partial charge on any atom is -0.292 e. The Kier molecular flexibility index (Phi) is 4.07. The number of hydrogen-bond donors (Lipinski definition) is 0. The third-order valence-corrected chi connectivity index (χ3v) is 3.98. The van der Waals surface area contributed by atoms with Gasteiger partial charge in [-0.2, -0.15) is 0 Å². The maximum Gasteiger partial charge on any atom is 0.148 e. The van der Waals surface area contributed by atoms with Crippen molar-refractivity contribution < 1.29 is 4.39 Å². The Hall–Kier alpha value is -1.29. The topological polar surface area (TPSA) is 17.8 Å². The van der Waals surface area contributed by atoms with Crippen LogP contribution in [0.25, 0.3) is 16.7 Å². The van der Waals surface area contributed by atoms with Crippen LogP contribution >= 0.6 is 34.8 Å². The molecule has 3 rings (SSSR count). The lowest BCUT2D eigenvalue weighted by molar-refractivity contribution is 0.617. The quantitative estimate of drug-likeness (QED) is 0.594. The van der Waals surface area contributed by atoms with Crippen molar-refractivity contribution in [2.45, 2.75) is 6.42 Å². The number of para-hydroxylation sites is 2. The number of imidazole rings is 1. The normalized spacial score (nSPS) is 11.2. The van der Waals surface area contributed by atoms with E-state index >= 15 is 0 Å². The summed E-state index contributed by atoms with van der Waals surface area (Å²) in [6.45, 7) is 0. The summed E-state index contributed by atoms with van der Waals surface area (Å²) in [5, 5.41) is 0.819. The van der Waals surface area contributed by atoms with E-state index in [0.717, 1.165) is 0 Å². The highest BCUT2D eigenvalue weighted by Gasteiger charge is 2.18. The van der Waals surface area contributed by atoms with E-state index < -0.39 is 5.82 Å². The van der Waals surface area contributed by atoms with Crippen LogP contribution in [0.5, 0.6) is 0 Å². The number of nitrogens with zero attached hydrogens (tertiary/aromatic N) is 2. The van der Waals surface area contributed by atoms with Gasteiger partial charge in [-0.05, 0) is 24.3 Å². The van der Waals surface area contributed by atoms with Gasteiger partial charge in [0.15, 0.2) is 0 Å². The Bertz CT molecular complexity index is 794. The van der Waals surface area contributed by atoms with Crippen molar-refractivity contribution in [2.75, 3.05) is 5.88 Å². The summed E-state index contributed by atoms with van der Waals surface area (Å²) < 4.78 is 15.9. The molecule has 0 amide bonds. The Balaban J connectivity index is 2.40. The van der Waals surface area contributed by atoms with Crippen molar-refractivity contribution in [3.8, 4) is 5.69 Å². The number of aromatic nitrogens is 2. The van der Waals surface area contributed by atoms with Gasteiger partial charge in [0.25, 0.3) is 0 Å². The maximum absolute atomic E-state index is 14.3. The molecule has 6 heteroatoms. The summed E-state index contributed by atoms with van der Waals surface area (Å²) >= 11 is 18.2. The Labute approximate surface area is 136 Å². The van der Waals surface area contributed by atoms with Gasteiger partial charge in [0.1, 0.15) is 22.8 Å². The average Bonchev–Trinajstić information content (AvgIpc) is 2.80. The van der Waals surface area contributed by atoms with Crippen molar-refractivity contribution in [2.24, 2.45) is 0 Å². The number of fused-ring (bicyclic) bond motifs is 1. The third-order valence-electron chi connectivity index (χ3n) is 3.18. The van der Waals surface area contributed by atoms with Gasteiger partial charge < -0.3 is 0 Å². The highest BCUT2D eigenvalue weighted by molar-refractivity contribution is 6.35. The molecule has 2 aromatic carbocycles. The molecule has 0 aliphatic heterocycles. The molecular formula is C15H10Cl3FN2. The molecule has 1 heterocycles. The molecule has 2 nitrogen and oxygen atoms in total. The Morgan fingerprint density at radius 2 is 1.76 bits per heavy atom. The molecule has 0 saturated heterocycles. The van der Waals surface area contributed by atoms with Crippen LogP contribution in [0.3, 0.4) is 0 Å². The van der Waals surface area contributed by atoms with Gasteiger partial charge in [-0.25, -0.2) is 9.37 Å². The molecule has 0 bridgehead atoms. The fraction of sp³-hybridized carbons (Fsp3) is 0.133. The minimum absolute atomic E-state index is 0.268. The zero-order valence-corrected chi connectivity index (χ0v) is 13.1. The summed E-state index contributed by atoms with van der Waals surface area (Å²) in [4.78, 5) is 4.48. The monoisotopic (exact) mass is 342 g/mol. The summed E-state index contributed by atoms with van der Waals surface area (Å²) in [5.41, 5.74) is 1.58. The zero-order chi connectivity index (χ0) is 15.0. The number of halogens is 4. The van der Waals surface area contributed by atoms with Gasteiger partial charge in [-0.15, -0.1) is 11.6 Å². The van der Waals surface area contributed by atoms with Crippen LogP contribution in [0.15, 0.2) is 36.4 Å². The first-order valence-electron chi connectivity index (χ1n) is 6.29. The number of aryl methyl sites for hydroxylation is 1. The van der Waals surface area contributed by atoms with Crippen molar-refractivity contribution in [3.05, 3.63) is 58.1 Å². The van der Waals surface area contributed by atoms with Crippen molar-refractivity contribution in [3.63, 3.8) is 0 Å². The van der Waals surface area contributed by atoms with E-state index in [1.807, 2.05) is 6.07 Å². The van der Waals surface area contributed by atoms with E-state index in [4.69, 9.17) is 34.8 Å². The lowest BCUT2D eigenvalue weighted by Crippen LogP contribution is -2.05. The van der Waals surface area contributed by atoms with Crippen LogP contribution in [-0.2, 0) is 6.42 Å². The smallest absolute Gasteiger partial charge is 0.148 e. The maximum atomic E-state index is 14.3. The van der Waals surface area contributed by atoms with Gasteiger partial charge in [-0.3, -0.25) is 4.57 Å². The summed E-state index contributed by atoms with van der Waals surface area (Å²) in [6.07, 6.45) is 0.483. The fourth-order valence-electron chi connectivity index (χ4n) is 2.32. The molecule has 3 aromatic rings. The van der Waals surface area contributed by atoms with E-state index in [0.29, 0.717) is 39.2 Å². The largest absolute Gasteiger partial charge is 0.292 e. The molecule has 0 radical (unpaired) electrons. The van der Waals surface area contributed by atoms with Crippen molar-refractivity contribution in [1.82, 2.24) is 9.55 Å². The predicted molar refractivity (Wildman–Crippen MR) is 85.5 cm³/mol. The van der Waals surface area contributed by atoms with Gasteiger partial charge >= 0.3 is 0 Å². The lowest BCUT2D eigenvalue weighted by Gasteiger charge is -2.11. The first kappa shape index (κ1) is 14.6. The molecule has 108 valence electrons. The summed E-state index contributed by atoms with van der Waals surface area (Å²) in [6, 6.07) is 9.93. The van der Waals surface area contributed by atoms with E-state index in [1.165, 1.54) is 6.07 Å². The van der Waals surface area contributed by atoms with Crippen LogP contribution in [0.4, 0.5) is 4.39 Å². The minimum atomic E-state index is -0.419. The molecular weight excluding hydrogens is 334 g/mol. The summed E-state index contributed by atoms with van der Waals surface area (Å²) in [5.74, 6) is 0.574. The molecule has 0 N–H and O–H groups in total. The average molecular weight is 344 g/mol. The Morgan fingerprint density at radius 3 is 2.48 bits per heavy atom. The van der Waals surface area contributed by atoms with Crippen molar-refractivity contribution >= 4 is 45.8 Å². The second-order valence-corrected chi connectivity index (χ2v) is 5.67. The van der Waals surface area contributed by atoms with E-state index in [-0.39, 0.29) is 5.69 Å². The molecule has 0 fully saturated rings. The first-order chi connectivity index (χ1) is 10.1. The second-order valence-electron chi connectivity index (χ2n) is 4.48. The van der Waals surface area contributed by atoms with Crippen LogP contribution in [0, 0.1) is 5.82 Å². The molecule has 0 saturated carbocycles. The zero-order valence-electron chi connectivity index (χ0n) is 10.8. The molecule has 0 atom stereocenters. The van der Waals surface area contributed by atoms with Gasteiger partial charge in [0, 0.05) is 12.3 Å². The highest BCUT2D eigenvalue weighted by Crippen LogP contribution is 2.31. The SMILES string of the molecule is Fc1cccc(Cl)c1-n1c(CCCl)nc2c(Cl)cccc21. The number of rotatable bonds is 3. The van der Waals surface area contributed by atoms with E-state index in [1.54, 1.807) is 28.8 Å². The predicted octanol–water partition coefficient (Wildman–Crippen LogP) is 5.25. The molecule has 0 aliphatic rings.